The average Bonchev–Trinajstić information content (AvgIpc) is 2.35. The van der Waals surface area contributed by atoms with Gasteiger partial charge in [0.05, 0.1) is 7.11 Å². The Hall–Kier alpha value is -0.680. The van der Waals surface area contributed by atoms with Crippen molar-refractivity contribution in [2.45, 2.75) is 16.7 Å². The molecule has 17 heavy (non-hydrogen) atoms. The molecule has 2 aromatic carbocycles. The molecule has 88 valence electrons. The molecule has 0 aliphatic carbocycles. The van der Waals surface area contributed by atoms with Crippen LogP contribution in [0, 0.1) is 10.5 Å². The summed E-state index contributed by atoms with van der Waals surface area (Å²) in [7, 11) is 1.69. The van der Waals surface area contributed by atoms with E-state index in [0.717, 1.165) is 5.75 Å². The summed E-state index contributed by atoms with van der Waals surface area (Å²) in [5.74, 6) is 0.896. The molecule has 0 aliphatic heterocycles. The molecule has 0 fully saturated rings. The van der Waals surface area contributed by atoms with Crippen molar-refractivity contribution in [2.75, 3.05) is 7.11 Å². The fourth-order valence-electron chi connectivity index (χ4n) is 1.46. The van der Waals surface area contributed by atoms with E-state index in [-0.39, 0.29) is 0 Å². The summed E-state index contributed by atoms with van der Waals surface area (Å²) in [6, 6.07) is 14.7. The van der Waals surface area contributed by atoms with E-state index < -0.39 is 0 Å². The minimum Gasteiger partial charge on any atom is -0.497 e. The van der Waals surface area contributed by atoms with Gasteiger partial charge in [0, 0.05) is 13.4 Å². The topological polar surface area (TPSA) is 9.23 Å². The molecule has 0 atom stereocenters. The second-order valence-corrected chi connectivity index (χ2v) is 6.00. The first-order valence-electron chi connectivity index (χ1n) is 5.27. The van der Waals surface area contributed by atoms with Crippen LogP contribution in [0.15, 0.2) is 52.3 Å². The minimum absolute atomic E-state index is 0.896. The lowest BCUT2D eigenvalue weighted by Gasteiger charge is -2.05. The van der Waals surface area contributed by atoms with Gasteiger partial charge in [-0.25, -0.2) is 0 Å². The van der Waals surface area contributed by atoms with Crippen LogP contribution in [-0.4, -0.2) is 7.11 Å². The molecule has 0 radical (unpaired) electrons. The molecule has 0 aliphatic rings. The predicted octanol–water partition coefficient (Wildman–Crippen LogP) is 4.76. The highest BCUT2D eigenvalue weighted by atomic mass is 127. The molecular weight excluding hydrogens is 343 g/mol. The maximum atomic E-state index is 5.14. The Kier molecular flexibility index (Phi) is 4.34. The number of hydrogen-bond donors (Lipinski definition) is 0. The Morgan fingerprint density at radius 1 is 1.00 bits per heavy atom. The van der Waals surface area contributed by atoms with Gasteiger partial charge in [-0.3, -0.25) is 0 Å². The normalized spacial score (nSPS) is 10.3. The number of ether oxygens (including phenoxy) is 1. The molecule has 0 N–H and O–H groups in total. The van der Waals surface area contributed by atoms with E-state index in [1.54, 1.807) is 18.9 Å². The zero-order valence-electron chi connectivity index (χ0n) is 9.74. The number of methoxy groups -OCH3 is 1. The maximum Gasteiger partial charge on any atom is 0.118 e. The molecule has 0 amide bonds. The lowest BCUT2D eigenvalue weighted by molar-refractivity contribution is 0.414. The second kappa shape index (κ2) is 5.78. The Morgan fingerprint density at radius 2 is 1.65 bits per heavy atom. The summed E-state index contributed by atoms with van der Waals surface area (Å²) in [6.07, 6.45) is 0. The Morgan fingerprint density at radius 3 is 2.24 bits per heavy atom. The van der Waals surface area contributed by atoms with E-state index in [9.17, 15) is 0 Å². The van der Waals surface area contributed by atoms with Gasteiger partial charge in [0.2, 0.25) is 0 Å². The zero-order chi connectivity index (χ0) is 12.3. The largest absolute Gasteiger partial charge is 0.497 e. The van der Waals surface area contributed by atoms with Crippen LogP contribution in [0.5, 0.6) is 5.75 Å². The van der Waals surface area contributed by atoms with Crippen molar-refractivity contribution in [3.05, 3.63) is 51.6 Å². The van der Waals surface area contributed by atoms with Gasteiger partial charge in [0.1, 0.15) is 5.75 Å². The van der Waals surface area contributed by atoms with Crippen molar-refractivity contribution in [2.24, 2.45) is 0 Å². The highest BCUT2D eigenvalue weighted by Crippen LogP contribution is 2.30. The van der Waals surface area contributed by atoms with Crippen molar-refractivity contribution in [1.82, 2.24) is 0 Å². The van der Waals surface area contributed by atoms with Gasteiger partial charge in [0.25, 0.3) is 0 Å². The summed E-state index contributed by atoms with van der Waals surface area (Å²) in [5, 5.41) is 0. The third kappa shape index (κ3) is 3.39. The molecule has 0 heterocycles. The van der Waals surface area contributed by atoms with Gasteiger partial charge < -0.3 is 4.74 Å². The van der Waals surface area contributed by atoms with E-state index in [0.29, 0.717) is 0 Å². The fourth-order valence-corrected chi connectivity index (χ4v) is 2.71. The first kappa shape index (κ1) is 12.8. The van der Waals surface area contributed by atoms with Gasteiger partial charge >= 0.3 is 0 Å². The van der Waals surface area contributed by atoms with E-state index >= 15 is 0 Å². The third-order valence-electron chi connectivity index (χ3n) is 2.42. The third-order valence-corrected chi connectivity index (χ3v) is 4.63. The van der Waals surface area contributed by atoms with Crippen molar-refractivity contribution < 1.29 is 4.74 Å². The number of hydrogen-bond acceptors (Lipinski definition) is 2. The van der Waals surface area contributed by atoms with Gasteiger partial charge in [-0.15, -0.1) is 0 Å². The number of halogens is 1. The van der Waals surface area contributed by atoms with E-state index in [1.807, 2.05) is 12.1 Å². The summed E-state index contributed by atoms with van der Waals surface area (Å²) < 4.78 is 6.45. The Balaban J connectivity index is 2.16. The molecule has 0 saturated carbocycles. The molecule has 0 bridgehead atoms. The maximum absolute atomic E-state index is 5.14. The van der Waals surface area contributed by atoms with Crippen molar-refractivity contribution in [1.29, 1.82) is 0 Å². The van der Waals surface area contributed by atoms with Crippen molar-refractivity contribution >= 4 is 34.4 Å². The highest BCUT2D eigenvalue weighted by molar-refractivity contribution is 14.1. The molecule has 2 rings (SSSR count). The molecule has 3 heteroatoms. The lowest BCUT2D eigenvalue weighted by atomic mass is 10.2. The SMILES string of the molecule is COc1ccc(Sc2ccc(I)c(C)c2)cc1. The number of rotatable bonds is 3. The standard InChI is InChI=1S/C14H13IOS/c1-10-9-13(7-8-14(10)15)17-12-5-3-11(16-2)4-6-12/h3-9H,1-2H3. The number of benzene rings is 2. The minimum atomic E-state index is 0.896. The first-order valence-corrected chi connectivity index (χ1v) is 7.16. The van der Waals surface area contributed by atoms with Gasteiger partial charge in [0.15, 0.2) is 0 Å². The lowest BCUT2D eigenvalue weighted by Crippen LogP contribution is -1.82. The highest BCUT2D eigenvalue weighted by Gasteiger charge is 2.00. The van der Waals surface area contributed by atoms with Crippen LogP contribution in [0.1, 0.15) is 5.56 Å². The molecule has 0 aromatic heterocycles. The van der Waals surface area contributed by atoms with Crippen molar-refractivity contribution in [3.8, 4) is 5.75 Å². The fraction of sp³-hybridized carbons (Fsp3) is 0.143. The van der Waals surface area contributed by atoms with Crippen LogP contribution in [0.4, 0.5) is 0 Å². The summed E-state index contributed by atoms with van der Waals surface area (Å²) in [6.45, 7) is 2.14. The zero-order valence-corrected chi connectivity index (χ0v) is 12.7. The van der Waals surface area contributed by atoms with Crippen LogP contribution >= 0.6 is 34.4 Å². The second-order valence-electron chi connectivity index (χ2n) is 3.69. The Labute approximate surface area is 120 Å². The smallest absolute Gasteiger partial charge is 0.118 e. The van der Waals surface area contributed by atoms with Gasteiger partial charge in [-0.2, -0.15) is 0 Å². The Bertz CT molecular complexity index is 508. The van der Waals surface area contributed by atoms with E-state index in [2.05, 4.69) is 59.8 Å². The van der Waals surface area contributed by atoms with Gasteiger partial charge in [-0.1, -0.05) is 11.8 Å². The monoisotopic (exact) mass is 356 g/mol. The number of aryl methyl sites for hydroxylation is 1. The van der Waals surface area contributed by atoms with Crippen LogP contribution in [0.2, 0.25) is 0 Å². The molecular formula is C14H13IOS. The van der Waals surface area contributed by atoms with Crippen LogP contribution in [0.25, 0.3) is 0 Å². The quantitative estimate of drug-likeness (QED) is 0.734. The molecule has 1 nitrogen and oxygen atoms in total. The van der Waals surface area contributed by atoms with E-state index in [4.69, 9.17) is 4.74 Å². The molecule has 0 unspecified atom stereocenters. The molecule has 0 spiro atoms. The van der Waals surface area contributed by atoms with Crippen LogP contribution in [0.3, 0.4) is 0 Å². The van der Waals surface area contributed by atoms with Crippen LogP contribution < -0.4 is 4.74 Å². The molecule has 0 saturated heterocycles. The summed E-state index contributed by atoms with van der Waals surface area (Å²) in [4.78, 5) is 2.50. The predicted molar refractivity (Wildman–Crippen MR) is 81.0 cm³/mol. The molecule has 2 aromatic rings. The van der Waals surface area contributed by atoms with Gasteiger partial charge in [-0.05, 0) is 77.5 Å². The summed E-state index contributed by atoms with van der Waals surface area (Å²) in [5.41, 5.74) is 1.32. The summed E-state index contributed by atoms with van der Waals surface area (Å²) >= 11 is 4.13. The van der Waals surface area contributed by atoms with Crippen molar-refractivity contribution in [3.63, 3.8) is 0 Å². The first-order chi connectivity index (χ1) is 8.19. The average molecular weight is 356 g/mol. The van der Waals surface area contributed by atoms with Crippen LogP contribution in [-0.2, 0) is 0 Å². The van der Waals surface area contributed by atoms with E-state index in [1.165, 1.54) is 18.9 Å².